The van der Waals surface area contributed by atoms with E-state index in [0.29, 0.717) is 0 Å². The number of anilines is 2. The fraction of sp³-hybridized carbons (Fsp3) is 0.261. The van der Waals surface area contributed by atoms with E-state index >= 15 is 0 Å². The van der Waals surface area contributed by atoms with E-state index in [2.05, 4.69) is 61.5 Å². The van der Waals surface area contributed by atoms with Crippen LogP contribution in [0.5, 0.6) is 0 Å². The van der Waals surface area contributed by atoms with Crippen LogP contribution in [0.25, 0.3) is 6.08 Å². The third kappa shape index (κ3) is 5.62. The Morgan fingerprint density at radius 1 is 0.897 bits per heavy atom. The molecule has 0 radical (unpaired) electrons. The molecule has 1 fully saturated rings. The molecule has 148 valence electrons. The largest absolute Gasteiger partial charge is 0.366 e. The maximum Gasteiger partial charge on any atom is 0.227 e. The summed E-state index contributed by atoms with van der Waals surface area (Å²) >= 11 is 0. The van der Waals surface area contributed by atoms with Gasteiger partial charge in [-0.2, -0.15) is 4.98 Å². The lowest BCUT2D eigenvalue weighted by Crippen LogP contribution is -2.47. The van der Waals surface area contributed by atoms with Gasteiger partial charge in [0.15, 0.2) is 0 Å². The van der Waals surface area contributed by atoms with Crippen LogP contribution in [-0.4, -0.2) is 52.6 Å². The summed E-state index contributed by atoms with van der Waals surface area (Å²) in [6, 6.07) is 16.3. The quantitative estimate of drug-likeness (QED) is 0.672. The Morgan fingerprint density at radius 2 is 1.69 bits per heavy atom. The molecule has 0 aliphatic carbocycles. The highest BCUT2D eigenvalue weighted by Gasteiger charge is 2.18. The summed E-state index contributed by atoms with van der Waals surface area (Å²) < 4.78 is 0. The van der Waals surface area contributed by atoms with Gasteiger partial charge in [0.05, 0.1) is 0 Å². The Balaban J connectivity index is 1.26. The van der Waals surface area contributed by atoms with Crippen molar-refractivity contribution in [3.8, 4) is 0 Å². The van der Waals surface area contributed by atoms with Crippen LogP contribution in [0.4, 0.5) is 11.8 Å². The number of hydrogen-bond donors (Lipinski definition) is 1. The lowest BCUT2D eigenvalue weighted by atomic mass is 10.2. The second-order valence-corrected chi connectivity index (χ2v) is 7.05. The van der Waals surface area contributed by atoms with Gasteiger partial charge in [0.2, 0.25) is 5.95 Å². The van der Waals surface area contributed by atoms with Crippen LogP contribution in [0.2, 0.25) is 0 Å². The molecule has 0 amide bonds. The van der Waals surface area contributed by atoms with Crippen molar-refractivity contribution in [3.05, 3.63) is 84.3 Å². The van der Waals surface area contributed by atoms with E-state index in [4.69, 9.17) is 4.98 Å². The molecule has 0 atom stereocenters. The van der Waals surface area contributed by atoms with Crippen LogP contribution in [0.3, 0.4) is 0 Å². The molecule has 1 aromatic carbocycles. The van der Waals surface area contributed by atoms with Gasteiger partial charge >= 0.3 is 0 Å². The maximum absolute atomic E-state index is 4.69. The molecule has 1 saturated heterocycles. The van der Waals surface area contributed by atoms with Crippen molar-refractivity contribution in [1.29, 1.82) is 0 Å². The molecule has 6 nitrogen and oxygen atoms in total. The minimum absolute atomic E-state index is 0.723. The molecule has 0 saturated carbocycles. The average Bonchev–Trinajstić information content (AvgIpc) is 2.80. The summed E-state index contributed by atoms with van der Waals surface area (Å²) in [4.78, 5) is 17.9. The Hall–Kier alpha value is -3.25. The molecule has 0 bridgehead atoms. The first kappa shape index (κ1) is 19.1. The molecule has 6 heteroatoms. The molecule has 1 N–H and O–H groups in total. The molecular formula is C23H26N6. The van der Waals surface area contributed by atoms with Crippen molar-refractivity contribution >= 4 is 17.8 Å². The fourth-order valence-electron chi connectivity index (χ4n) is 3.32. The number of nitrogens with zero attached hydrogens (tertiary/aromatic N) is 5. The van der Waals surface area contributed by atoms with Crippen LogP contribution >= 0.6 is 0 Å². The molecule has 1 aliphatic rings. The monoisotopic (exact) mass is 386 g/mol. The summed E-state index contributed by atoms with van der Waals surface area (Å²) in [7, 11) is 0. The van der Waals surface area contributed by atoms with Gasteiger partial charge in [-0.15, -0.1) is 0 Å². The van der Waals surface area contributed by atoms with Gasteiger partial charge in [-0.3, -0.25) is 9.88 Å². The van der Waals surface area contributed by atoms with Crippen molar-refractivity contribution in [2.75, 3.05) is 42.9 Å². The van der Waals surface area contributed by atoms with Gasteiger partial charge in [-0.05, 0) is 29.3 Å². The van der Waals surface area contributed by atoms with E-state index < -0.39 is 0 Å². The van der Waals surface area contributed by atoms with E-state index in [1.54, 1.807) is 12.4 Å². The molecule has 3 aromatic rings. The van der Waals surface area contributed by atoms with Gasteiger partial charge in [0.1, 0.15) is 5.82 Å². The standard InChI is InChI=1S/C23H26N6/c1-2-5-20(6-3-1)7-4-14-28-15-17-29(18-16-28)23-25-13-10-22(27-23)26-19-21-8-11-24-12-9-21/h1-13H,14-19H2,(H,25,26,27)/b7-4+. The summed E-state index contributed by atoms with van der Waals surface area (Å²) in [5, 5.41) is 3.37. The molecule has 0 unspecified atom stereocenters. The molecule has 3 heterocycles. The highest BCUT2D eigenvalue weighted by atomic mass is 15.3. The van der Waals surface area contributed by atoms with Crippen LogP contribution < -0.4 is 10.2 Å². The van der Waals surface area contributed by atoms with Crippen LogP contribution in [-0.2, 0) is 6.54 Å². The first-order valence-electron chi connectivity index (χ1n) is 10.0. The summed E-state index contributed by atoms with van der Waals surface area (Å²) in [5.41, 5.74) is 2.42. The van der Waals surface area contributed by atoms with Gasteiger partial charge < -0.3 is 10.2 Å². The molecule has 2 aromatic heterocycles. The first-order chi connectivity index (χ1) is 14.4. The van der Waals surface area contributed by atoms with Crippen molar-refractivity contribution in [2.45, 2.75) is 6.54 Å². The third-order valence-corrected chi connectivity index (χ3v) is 4.99. The van der Waals surface area contributed by atoms with Gasteiger partial charge in [-0.1, -0.05) is 42.5 Å². The molecular weight excluding hydrogens is 360 g/mol. The first-order valence-corrected chi connectivity index (χ1v) is 10.0. The Morgan fingerprint density at radius 3 is 2.48 bits per heavy atom. The molecule has 29 heavy (non-hydrogen) atoms. The number of piperazine rings is 1. The van der Waals surface area contributed by atoms with E-state index in [1.807, 2.05) is 30.5 Å². The minimum Gasteiger partial charge on any atom is -0.366 e. The van der Waals surface area contributed by atoms with Gasteiger partial charge in [0.25, 0.3) is 0 Å². The van der Waals surface area contributed by atoms with E-state index in [9.17, 15) is 0 Å². The Bertz CT molecular complexity index is 905. The topological polar surface area (TPSA) is 57.2 Å². The zero-order valence-electron chi connectivity index (χ0n) is 16.5. The normalized spacial score (nSPS) is 15.0. The van der Waals surface area contributed by atoms with Crippen LogP contribution in [0.1, 0.15) is 11.1 Å². The van der Waals surface area contributed by atoms with Gasteiger partial charge in [0, 0.05) is 57.9 Å². The van der Waals surface area contributed by atoms with Crippen LogP contribution in [0, 0.1) is 0 Å². The fourth-order valence-corrected chi connectivity index (χ4v) is 3.32. The minimum atomic E-state index is 0.723. The van der Waals surface area contributed by atoms with Crippen molar-refractivity contribution in [3.63, 3.8) is 0 Å². The number of aromatic nitrogens is 3. The van der Waals surface area contributed by atoms with Gasteiger partial charge in [-0.25, -0.2) is 4.98 Å². The molecule has 1 aliphatic heterocycles. The summed E-state index contributed by atoms with van der Waals surface area (Å²) in [5.74, 6) is 1.64. The lowest BCUT2D eigenvalue weighted by Gasteiger charge is -2.34. The second-order valence-electron chi connectivity index (χ2n) is 7.05. The average molecular weight is 387 g/mol. The number of nitrogens with one attached hydrogen (secondary N) is 1. The number of hydrogen-bond acceptors (Lipinski definition) is 6. The van der Waals surface area contributed by atoms with Crippen molar-refractivity contribution in [2.24, 2.45) is 0 Å². The highest BCUT2D eigenvalue weighted by molar-refractivity contribution is 5.48. The number of rotatable bonds is 7. The van der Waals surface area contributed by atoms with E-state index in [-0.39, 0.29) is 0 Å². The summed E-state index contributed by atoms with van der Waals surface area (Å²) in [6.07, 6.45) is 9.86. The number of benzene rings is 1. The summed E-state index contributed by atoms with van der Waals surface area (Å²) in [6.45, 7) is 5.59. The second kappa shape index (κ2) is 9.80. The maximum atomic E-state index is 4.69. The molecule has 0 spiro atoms. The van der Waals surface area contributed by atoms with Crippen molar-refractivity contribution in [1.82, 2.24) is 19.9 Å². The van der Waals surface area contributed by atoms with Crippen LogP contribution in [0.15, 0.2) is 73.2 Å². The zero-order chi connectivity index (χ0) is 19.7. The smallest absolute Gasteiger partial charge is 0.227 e. The Kier molecular flexibility index (Phi) is 6.45. The zero-order valence-corrected chi connectivity index (χ0v) is 16.5. The lowest BCUT2D eigenvalue weighted by molar-refractivity contribution is 0.283. The number of pyridine rings is 1. The predicted molar refractivity (Wildman–Crippen MR) is 118 cm³/mol. The highest BCUT2D eigenvalue weighted by Crippen LogP contribution is 2.14. The SMILES string of the molecule is C(=C\c1ccccc1)/CN1CCN(c2nccc(NCc3ccncc3)n2)CC1. The molecule has 4 rings (SSSR count). The van der Waals surface area contributed by atoms with E-state index in [0.717, 1.165) is 51.0 Å². The Labute approximate surface area is 171 Å². The van der Waals surface area contributed by atoms with Crippen molar-refractivity contribution < 1.29 is 0 Å². The third-order valence-electron chi connectivity index (χ3n) is 4.99. The van der Waals surface area contributed by atoms with E-state index in [1.165, 1.54) is 11.1 Å². The predicted octanol–water partition coefficient (Wildman–Crippen LogP) is 3.32.